The van der Waals surface area contributed by atoms with Crippen LogP contribution in [0.3, 0.4) is 0 Å². The van der Waals surface area contributed by atoms with Crippen molar-refractivity contribution in [3.63, 3.8) is 0 Å². The van der Waals surface area contributed by atoms with Crippen molar-refractivity contribution in [1.29, 1.82) is 0 Å². The van der Waals surface area contributed by atoms with E-state index in [-0.39, 0.29) is 21.7 Å². The van der Waals surface area contributed by atoms with Crippen molar-refractivity contribution < 1.29 is 0 Å². The summed E-state index contributed by atoms with van der Waals surface area (Å²) in [6, 6.07) is 62.0. The van der Waals surface area contributed by atoms with E-state index in [4.69, 9.17) is 0 Å². The first-order valence-electron chi connectivity index (χ1n) is 23.4. The maximum absolute atomic E-state index is 2.49. The number of aromatic nitrogens is 2. The lowest BCUT2D eigenvalue weighted by molar-refractivity contribution is 0.567. The number of hydrogen-bond acceptors (Lipinski definition) is 1. The van der Waals surface area contributed by atoms with E-state index < -0.39 is 0 Å². The highest BCUT2D eigenvalue weighted by Crippen LogP contribution is 2.44. The molecular weight excluding hydrogens is 787 g/mol. The van der Waals surface area contributed by atoms with E-state index in [0.29, 0.717) is 0 Å². The molecule has 3 nitrogen and oxygen atoms in total. The Kier molecular flexibility index (Phi) is 9.77. The third kappa shape index (κ3) is 7.49. The molecule has 3 heteroatoms. The molecule has 0 aliphatic rings. The van der Waals surface area contributed by atoms with Gasteiger partial charge in [0, 0.05) is 50.0 Å². The van der Waals surface area contributed by atoms with Crippen LogP contribution in [0.4, 0.5) is 17.1 Å². The molecule has 0 N–H and O–H groups in total. The fraction of sp³-hybridized carbons (Fsp3) is 0.258. The number of para-hydroxylation sites is 2. The highest BCUT2D eigenvalue weighted by molar-refractivity contribution is 6.12. The van der Waals surface area contributed by atoms with Crippen LogP contribution >= 0.6 is 0 Å². The van der Waals surface area contributed by atoms with Crippen molar-refractivity contribution in [1.82, 2.24) is 9.13 Å². The summed E-state index contributed by atoms with van der Waals surface area (Å²) < 4.78 is 4.97. The molecule has 0 amide bonds. The summed E-state index contributed by atoms with van der Waals surface area (Å²) >= 11 is 0. The Morgan fingerprint density at radius 2 is 0.631 bits per heavy atom. The topological polar surface area (TPSA) is 13.1 Å². The molecular formula is C62H63N3. The first-order chi connectivity index (χ1) is 30.7. The van der Waals surface area contributed by atoms with Gasteiger partial charge in [0.05, 0.1) is 22.1 Å². The predicted molar refractivity (Wildman–Crippen MR) is 282 cm³/mol. The predicted octanol–water partition coefficient (Wildman–Crippen LogP) is 17.7. The van der Waals surface area contributed by atoms with Gasteiger partial charge in [-0.3, -0.25) is 0 Å². The van der Waals surface area contributed by atoms with Crippen LogP contribution in [0.1, 0.15) is 105 Å². The van der Waals surface area contributed by atoms with Gasteiger partial charge in [-0.1, -0.05) is 162 Å². The lowest BCUT2D eigenvalue weighted by Gasteiger charge is -2.27. The van der Waals surface area contributed by atoms with Gasteiger partial charge in [0.15, 0.2) is 0 Å². The molecule has 0 fully saturated rings. The van der Waals surface area contributed by atoms with Crippen LogP contribution in [-0.4, -0.2) is 9.13 Å². The summed E-state index contributed by atoms with van der Waals surface area (Å²) in [4.78, 5) is 2.46. The van der Waals surface area contributed by atoms with Crippen LogP contribution in [0.25, 0.3) is 65.8 Å². The molecule has 0 spiro atoms. The lowest BCUT2D eigenvalue weighted by Crippen LogP contribution is -2.17. The van der Waals surface area contributed by atoms with Crippen molar-refractivity contribution in [2.24, 2.45) is 0 Å². The molecule has 10 aromatic rings. The van der Waals surface area contributed by atoms with Crippen molar-refractivity contribution in [3.05, 3.63) is 186 Å². The quantitative estimate of drug-likeness (QED) is 0.168. The maximum Gasteiger partial charge on any atom is 0.0542 e. The molecule has 0 radical (unpaired) electrons. The molecule has 0 saturated carbocycles. The van der Waals surface area contributed by atoms with Gasteiger partial charge in [-0.2, -0.15) is 0 Å². The molecule has 10 rings (SSSR count). The fourth-order valence-electron chi connectivity index (χ4n) is 9.73. The van der Waals surface area contributed by atoms with Gasteiger partial charge >= 0.3 is 0 Å². The highest BCUT2D eigenvalue weighted by Gasteiger charge is 2.26. The normalized spacial score (nSPS) is 12.9. The van der Waals surface area contributed by atoms with Crippen LogP contribution in [0, 0.1) is 0 Å². The van der Waals surface area contributed by atoms with E-state index in [1.54, 1.807) is 0 Å². The monoisotopic (exact) mass is 850 g/mol. The zero-order valence-electron chi connectivity index (χ0n) is 40.4. The zero-order valence-corrected chi connectivity index (χ0v) is 40.4. The molecule has 0 unspecified atom stereocenters. The average Bonchev–Trinajstić information content (AvgIpc) is 3.77. The summed E-state index contributed by atoms with van der Waals surface area (Å²) in [5.41, 5.74) is 16.0. The second kappa shape index (κ2) is 15.0. The van der Waals surface area contributed by atoms with Crippen molar-refractivity contribution in [2.45, 2.75) is 105 Å². The Morgan fingerprint density at radius 3 is 1.05 bits per heavy atom. The van der Waals surface area contributed by atoms with Gasteiger partial charge in [-0.05, 0) is 140 Å². The second-order valence-corrected chi connectivity index (χ2v) is 22.5. The molecule has 0 aliphatic heterocycles. The first-order valence-corrected chi connectivity index (χ1v) is 23.4. The Bertz CT molecular complexity index is 3210. The third-order valence-electron chi connectivity index (χ3n) is 13.6. The van der Waals surface area contributed by atoms with Crippen molar-refractivity contribution in [3.8, 4) is 11.4 Å². The largest absolute Gasteiger partial charge is 0.310 e. The molecule has 2 aromatic heterocycles. The summed E-state index contributed by atoms with van der Waals surface area (Å²) in [5.74, 6) is 0. The molecule has 8 aromatic carbocycles. The number of hydrogen-bond donors (Lipinski definition) is 0. The molecule has 2 heterocycles. The van der Waals surface area contributed by atoms with Crippen LogP contribution < -0.4 is 4.90 Å². The van der Waals surface area contributed by atoms with Gasteiger partial charge in [-0.15, -0.1) is 0 Å². The Balaban J connectivity index is 1.21. The number of benzene rings is 8. The van der Waals surface area contributed by atoms with E-state index in [0.717, 1.165) is 17.1 Å². The smallest absolute Gasteiger partial charge is 0.0542 e. The highest BCUT2D eigenvalue weighted by atomic mass is 15.1. The van der Waals surface area contributed by atoms with Crippen molar-refractivity contribution >= 4 is 71.4 Å². The Hall–Kier alpha value is -6.58. The summed E-state index contributed by atoms with van der Waals surface area (Å²) in [6.07, 6.45) is 0. The Morgan fingerprint density at radius 1 is 0.292 bits per heavy atom. The molecule has 65 heavy (non-hydrogen) atoms. The van der Waals surface area contributed by atoms with E-state index in [1.165, 1.54) is 88.0 Å². The van der Waals surface area contributed by atoms with Gasteiger partial charge < -0.3 is 14.0 Å². The minimum atomic E-state index is 0.00152. The molecule has 0 aliphatic carbocycles. The average molecular weight is 850 g/mol. The minimum Gasteiger partial charge on any atom is -0.310 e. The fourth-order valence-corrected chi connectivity index (χ4v) is 9.73. The van der Waals surface area contributed by atoms with Crippen LogP contribution in [0.15, 0.2) is 164 Å². The number of anilines is 3. The number of rotatable bonds is 5. The summed E-state index contributed by atoms with van der Waals surface area (Å²) in [6.45, 7) is 27.8. The van der Waals surface area contributed by atoms with Gasteiger partial charge in [0.25, 0.3) is 0 Å². The van der Waals surface area contributed by atoms with Gasteiger partial charge in [0.2, 0.25) is 0 Å². The standard InChI is InChI=1S/C62H63N3/c1-59(2,3)42-32-43(60(4,5)6)35-49(34-42)64-55-23-17-15-21-51(55)53-38-47(27-29-57(53)64)63(46-26-25-40-19-13-14-20-41(40)31-46)48-28-30-58-54(39-48)52-22-16-18-24-56(52)65(58)50-36-44(61(7,8)9)33-45(37-50)62(10,11)12/h13-39H,1-12H3. The minimum absolute atomic E-state index is 0.00152. The molecule has 326 valence electrons. The lowest BCUT2D eigenvalue weighted by atomic mass is 9.80. The van der Waals surface area contributed by atoms with Gasteiger partial charge in [-0.25, -0.2) is 0 Å². The number of fused-ring (bicyclic) bond motifs is 7. The van der Waals surface area contributed by atoms with Gasteiger partial charge in [0.1, 0.15) is 0 Å². The Labute approximate surface area is 386 Å². The molecule has 0 saturated heterocycles. The maximum atomic E-state index is 2.49. The summed E-state index contributed by atoms with van der Waals surface area (Å²) in [7, 11) is 0. The first kappa shape index (κ1) is 42.4. The zero-order chi connectivity index (χ0) is 45.8. The van der Waals surface area contributed by atoms with E-state index in [2.05, 4.69) is 261 Å². The molecule has 0 atom stereocenters. The third-order valence-corrected chi connectivity index (χ3v) is 13.6. The van der Waals surface area contributed by atoms with Crippen LogP contribution in [-0.2, 0) is 21.7 Å². The van der Waals surface area contributed by atoms with Crippen LogP contribution in [0.5, 0.6) is 0 Å². The second-order valence-electron chi connectivity index (χ2n) is 22.5. The van der Waals surface area contributed by atoms with Crippen LogP contribution in [0.2, 0.25) is 0 Å². The SMILES string of the molecule is CC(C)(C)c1cc(-n2c3ccccc3c3cc(N(c4ccc5ccccc5c4)c4ccc5c(c4)c4ccccc4n5-c4cc(C(C)(C)C)cc(C(C)(C)C)c4)ccc32)cc(C(C)(C)C)c1. The van der Waals surface area contributed by atoms with E-state index in [9.17, 15) is 0 Å². The van der Waals surface area contributed by atoms with Crippen molar-refractivity contribution in [2.75, 3.05) is 4.90 Å². The summed E-state index contributed by atoms with van der Waals surface area (Å²) in [5, 5.41) is 7.39. The number of nitrogens with zero attached hydrogens (tertiary/aromatic N) is 3. The van der Waals surface area contributed by atoms with E-state index >= 15 is 0 Å². The van der Waals surface area contributed by atoms with E-state index in [1.807, 2.05) is 0 Å². The molecule has 0 bridgehead atoms.